The highest BCUT2D eigenvalue weighted by Gasteiger charge is 2.30. The van der Waals surface area contributed by atoms with Crippen molar-refractivity contribution < 1.29 is 9.18 Å². The van der Waals surface area contributed by atoms with Gasteiger partial charge in [-0.25, -0.2) is 9.37 Å². The van der Waals surface area contributed by atoms with Gasteiger partial charge in [-0.15, -0.1) is 11.8 Å². The molecule has 0 saturated carbocycles. The molecule has 1 aromatic carbocycles. The Morgan fingerprint density at radius 1 is 1.12 bits per heavy atom. The number of rotatable bonds is 5. The first-order chi connectivity index (χ1) is 16.5. The number of pyridine rings is 1. The Balaban J connectivity index is 1.06. The molecule has 3 aliphatic rings. The van der Waals surface area contributed by atoms with Crippen LogP contribution in [0.4, 0.5) is 10.2 Å². The van der Waals surface area contributed by atoms with Gasteiger partial charge in [0.1, 0.15) is 11.6 Å². The van der Waals surface area contributed by atoms with Crippen LogP contribution < -0.4 is 15.5 Å². The van der Waals surface area contributed by atoms with Crippen molar-refractivity contribution in [1.82, 2.24) is 19.8 Å². The molecule has 7 nitrogen and oxygen atoms in total. The first-order valence-electron chi connectivity index (χ1n) is 11.7. The van der Waals surface area contributed by atoms with E-state index >= 15 is 0 Å². The molecule has 0 spiro atoms. The standard InChI is InChI=1S/C24H26FN5O2S2/c25-17-2-4-18-22-21(17)14(5-10-30(22)24(32)34-18)12-29-8-6-15(7-9-29)26-11-16-1-3-19-23(27-16)28-20(31)13-33-19/h1-4,14-15,26H,5-13H2,(H,27,28,31). The number of fused-ring (bicyclic) bond motifs is 1. The van der Waals surface area contributed by atoms with E-state index in [1.807, 2.05) is 12.1 Å². The number of thiazole rings is 1. The van der Waals surface area contributed by atoms with E-state index in [4.69, 9.17) is 0 Å². The van der Waals surface area contributed by atoms with Crippen LogP contribution in [-0.4, -0.2) is 51.8 Å². The molecule has 5 heterocycles. The average molecular weight is 500 g/mol. The number of hydrogen-bond donors (Lipinski definition) is 2. The number of nitrogens with zero attached hydrogens (tertiary/aromatic N) is 3. The van der Waals surface area contributed by atoms with Crippen LogP contribution in [0.1, 0.15) is 36.4 Å². The van der Waals surface area contributed by atoms with Crippen LogP contribution in [0.2, 0.25) is 0 Å². The van der Waals surface area contributed by atoms with Crippen LogP contribution in [-0.2, 0) is 17.9 Å². The Kier molecular flexibility index (Phi) is 5.92. The highest BCUT2D eigenvalue weighted by atomic mass is 32.2. The maximum absolute atomic E-state index is 14.8. The van der Waals surface area contributed by atoms with Crippen molar-refractivity contribution in [3.63, 3.8) is 0 Å². The van der Waals surface area contributed by atoms with E-state index in [0.717, 1.165) is 65.3 Å². The van der Waals surface area contributed by atoms with Gasteiger partial charge in [-0.05, 0) is 56.6 Å². The lowest BCUT2D eigenvalue weighted by Gasteiger charge is -2.36. The molecule has 2 aromatic heterocycles. The molecule has 1 atom stereocenters. The van der Waals surface area contributed by atoms with E-state index in [0.29, 0.717) is 30.7 Å². The Bertz CT molecular complexity index is 1310. The third-order valence-corrected chi connectivity index (χ3v) is 9.09. The molecule has 2 N–H and O–H groups in total. The van der Waals surface area contributed by atoms with Gasteiger partial charge in [-0.1, -0.05) is 11.3 Å². The van der Waals surface area contributed by atoms with E-state index in [1.54, 1.807) is 10.6 Å². The first kappa shape index (κ1) is 22.2. The summed E-state index contributed by atoms with van der Waals surface area (Å²) in [5, 5.41) is 6.47. The fraction of sp³-hybridized carbons (Fsp3) is 0.458. The topological polar surface area (TPSA) is 79.3 Å². The molecule has 34 heavy (non-hydrogen) atoms. The zero-order valence-electron chi connectivity index (χ0n) is 18.7. The summed E-state index contributed by atoms with van der Waals surface area (Å²) in [6, 6.07) is 7.72. The predicted octanol–water partition coefficient (Wildman–Crippen LogP) is 3.38. The second-order valence-corrected chi connectivity index (χ2v) is 11.3. The number of aromatic nitrogens is 2. The lowest BCUT2D eigenvalue weighted by Crippen LogP contribution is -2.44. The highest BCUT2D eigenvalue weighted by molar-refractivity contribution is 8.00. The maximum Gasteiger partial charge on any atom is 0.308 e. The summed E-state index contributed by atoms with van der Waals surface area (Å²) < 4.78 is 17.5. The number of nitrogens with one attached hydrogen (secondary N) is 2. The van der Waals surface area contributed by atoms with Gasteiger partial charge in [-0.2, -0.15) is 0 Å². The van der Waals surface area contributed by atoms with Crippen molar-refractivity contribution in [3.05, 3.63) is 51.0 Å². The third kappa shape index (κ3) is 4.17. The molecule has 178 valence electrons. The molecule has 1 fully saturated rings. The number of anilines is 1. The van der Waals surface area contributed by atoms with Gasteiger partial charge in [0.05, 0.1) is 26.6 Å². The largest absolute Gasteiger partial charge is 0.309 e. The lowest BCUT2D eigenvalue weighted by molar-refractivity contribution is -0.113. The Labute approximate surface area is 204 Å². The van der Waals surface area contributed by atoms with E-state index in [1.165, 1.54) is 29.2 Å². The SMILES string of the molecule is O=C1CSc2ccc(CNC3CCN(CC4CCn5c(=O)sc6ccc(F)c4c65)CC3)nc2N1. The van der Waals surface area contributed by atoms with Gasteiger partial charge in [0.2, 0.25) is 5.91 Å². The van der Waals surface area contributed by atoms with Crippen molar-refractivity contribution in [2.45, 2.75) is 49.2 Å². The molecule has 3 aromatic rings. The van der Waals surface area contributed by atoms with E-state index < -0.39 is 0 Å². The van der Waals surface area contributed by atoms with Crippen LogP contribution in [0.25, 0.3) is 10.2 Å². The summed E-state index contributed by atoms with van der Waals surface area (Å²) in [7, 11) is 0. The number of hydrogen-bond acceptors (Lipinski definition) is 7. The zero-order chi connectivity index (χ0) is 23.2. The lowest BCUT2D eigenvalue weighted by atomic mass is 9.90. The molecular weight excluding hydrogens is 473 g/mol. The highest BCUT2D eigenvalue weighted by Crippen LogP contribution is 2.37. The molecule has 0 radical (unpaired) electrons. The van der Waals surface area contributed by atoms with E-state index in [2.05, 4.69) is 20.5 Å². The number of piperidine rings is 1. The quantitative estimate of drug-likeness (QED) is 0.560. The molecule has 6 rings (SSSR count). The number of halogens is 1. The average Bonchev–Trinajstić information content (AvgIpc) is 3.17. The summed E-state index contributed by atoms with van der Waals surface area (Å²) in [6.07, 6.45) is 2.86. The van der Waals surface area contributed by atoms with Gasteiger partial charge >= 0.3 is 4.87 Å². The molecule has 1 amide bonds. The number of carbonyl (C=O) groups excluding carboxylic acids is 1. The number of carbonyl (C=O) groups is 1. The van der Waals surface area contributed by atoms with Crippen molar-refractivity contribution in [1.29, 1.82) is 0 Å². The van der Waals surface area contributed by atoms with Crippen molar-refractivity contribution in [3.8, 4) is 0 Å². The summed E-state index contributed by atoms with van der Waals surface area (Å²) in [6.45, 7) is 4.10. The Morgan fingerprint density at radius 3 is 2.82 bits per heavy atom. The van der Waals surface area contributed by atoms with Gasteiger partial charge in [0.25, 0.3) is 0 Å². The third-order valence-electron chi connectivity index (χ3n) is 7.09. The number of likely N-dealkylation sites (tertiary alicyclic amines) is 1. The van der Waals surface area contributed by atoms with Crippen molar-refractivity contribution in [2.24, 2.45) is 0 Å². The zero-order valence-corrected chi connectivity index (χ0v) is 20.3. The second kappa shape index (κ2) is 9.07. The first-order valence-corrected chi connectivity index (χ1v) is 13.6. The van der Waals surface area contributed by atoms with Crippen molar-refractivity contribution >= 4 is 45.0 Å². The second-order valence-electron chi connectivity index (χ2n) is 9.25. The molecule has 10 heteroatoms. The molecule has 1 unspecified atom stereocenters. The number of benzene rings is 1. The number of aryl methyl sites for hydroxylation is 1. The Hall–Kier alpha value is -2.27. The Morgan fingerprint density at radius 2 is 1.97 bits per heavy atom. The normalized spacial score (nSPS) is 21.0. The van der Waals surface area contributed by atoms with E-state index in [9.17, 15) is 14.0 Å². The maximum atomic E-state index is 14.8. The summed E-state index contributed by atoms with van der Waals surface area (Å²) in [5.41, 5.74) is 2.47. The number of thioether (sulfide) groups is 1. The molecular formula is C24H26FN5O2S2. The number of amides is 1. The van der Waals surface area contributed by atoms with Gasteiger partial charge in [-0.3, -0.25) is 14.2 Å². The minimum atomic E-state index is -0.188. The van der Waals surface area contributed by atoms with E-state index in [-0.39, 0.29) is 22.5 Å². The molecule has 1 saturated heterocycles. The van der Waals surface area contributed by atoms with Gasteiger partial charge < -0.3 is 15.5 Å². The van der Waals surface area contributed by atoms with Crippen LogP contribution in [0.15, 0.2) is 34.0 Å². The fourth-order valence-corrected chi connectivity index (χ4v) is 7.04. The van der Waals surface area contributed by atoms with Gasteiger partial charge in [0.15, 0.2) is 0 Å². The summed E-state index contributed by atoms with van der Waals surface area (Å²) >= 11 is 2.74. The monoisotopic (exact) mass is 499 g/mol. The molecule has 3 aliphatic heterocycles. The molecule has 0 aliphatic carbocycles. The van der Waals surface area contributed by atoms with Crippen LogP contribution >= 0.6 is 23.1 Å². The molecule has 0 bridgehead atoms. The van der Waals surface area contributed by atoms with Crippen LogP contribution in [0, 0.1) is 5.82 Å². The van der Waals surface area contributed by atoms with Gasteiger partial charge in [0, 0.05) is 37.2 Å². The predicted molar refractivity (Wildman–Crippen MR) is 133 cm³/mol. The van der Waals surface area contributed by atoms with Crippen LogP contribution in [0.3, 0.4) is 0 Å². The minimum Gasteiger partial charge on any atom is -0.309 e. The summed E-state index contributed by atoms with van der Waals surface area (Å²) in [4.78, 5) is 32.0. The van der Waals surface area contributed by atoms with Crippen molar-refractivity contribution in [2.75, 3.05) is 30.7 Å². The van der Waals surface area contributed by atoms with Crippen LogP contribution in [0.5, 0.6) is 0 Å². The summed E-state index contributed by atoms with van der Waals surface area (Å²) in [5.74, 6) is 1.04. The fourth-order valence-electron chi connectivity index (χ4n) is 5.35. The smallest absolute Gasteiger partial charge is 0.308 e. The minimum absolute atomic E-state index is 0.00107.